The predicted octanol–water partition coefficient (Wildman–Crippen LogP) is 5.04. The SMILES string of the molecule is [CH3][Ge]([CH3])([Cl])[C](=Cc1ccccc1)[Ge]([CH3])([CH3])[Cl]. The molecule has 1 aromatic rings. The van der Waals surface area contributed by atoms with Crippen molar-refractivity contribution in [3.05, 3.63) is 39.1 Å². The Morgan fingerprint density at radius 3 is 1.75 bits per heavy atom. The monoisotopic (exact) mass is 380 g/mol. The molecule has 0 amide bonds. The van der Waals surface area contributed by atoms with E-state index in [9.17, 15) is 0 Å². The van der Waals surface area contributed by atoms with E-state index < -0.39 is 24.7 Å². The van der Waals surface area contributed by atoms with Crippen LogP contribution >= 0.6 is 20.0 Å². The summed E-state index contributed by atoms with van der Waals surface area (Å²) in [4.78, 5) is 0. The fourth-order valence-corrected chi connectivity index (χ4v) is 36.9. The number of rotatable bonds is 3. The average molecular weight is 378 g/mol. The van der Waals surface area contributed by atoms with E-state index in [0.29, 0.717) is 0 Å². The fraction of sp³-hybridized carbons (Fsp3) is 0.333. The summed E-state index contributed by atoms with van der Waals surface area (Å²) in [6.45, 7) is 0. The Morgan fingerprint density at radius 2 is 1.38 bits per heavy atom. The maximum atomic E-state index is 6.62. The summed E-state index contributed by atoms with van der Waals surface area (Å²) in [5.74, 6) is 8.80. The van der Waals surface area contributed by atoms with Gasteiger partial charge < -0.3 is 0 Å². The molecule has 0 aliphatic heterocycles. The molecule has 0 atom stereocenters. The number of hydrogen-bond acceptors (Lipinski definition) is 0. The molecular weight excluding hydrogens is 360 g/mol. The van der Waals surface area contributed by atoms with Crippen molar-refractivity contribution in [3.8, 4) is 0 Å². The van der Waals surface area contributed by atoms with E-state index in [1.54, 1.807) is 0 Å². The molecule has 0 heterocycles. The zero-order chi connectivity index (χ0) is 12.4. The zero-order valence-electron chi connectivity index (χ0n) is 10.2. The van der Waals surface area contributed by atoms with Crippen LogP contribution in [0.15, 0.2) is 33.6 Å². The first-order valence-corrected chi connectivity index (χ1v) is 21.4. The van der Waals surface area contributed by atoms with Crippen molar-refractivity contribution in [1.82, 2.24) is 0 Å². The van der Waals surface area contributed by atoms with E-state index in [4.69, 9.17) is 20.0 Å². The van der Waals surface area contributed by atoms with Gasteiger partial charge in [-0.3, -0.25) is 0 Å². The van der Waals surface area contributed by atoms with Gasteiger partial charge in [0.15, 0.2) is 0 Å². The average Bonchev–Trinajstić information content (AvgIpc) is 2.12. The third-order valence-electron chi connectivity index (χ3n) is 2.39. The van der Waals surface area contributed by atoms with Gasteiger partial charge in [-0.05, 0) is 0 Å². The third-order valence-corrected chi connectivity index (χ3v) is 27.6. The minimum absolute atomic E-state index is 1.22. The van der Waals surface area contributed by atoms with Crippen LogP contribution < -0.4 is 0 Å². The molecule has 0 fully saturated rings. The molecule has 1 aromatic carbocycles. The fourth-order valence-electron chi connectivity index (χ4n) is 1.77. The first-order chi connectivity index (χ1) is 7.21. The predicted molar refractivity (Wildman–Crippen MR) is 81.1 cm³/mol. The second kappa shape index (κ2) is 5.51. The van der Waals surface area contributed by atoms with Crippen molar-refractivity contribution < 1.29 is 0 Å². The Labute approximate surface area is 112 Å². The van der Waals surface area contributed by atoms with Crippen LogP contribution in [0.3, 0.4) is 0 Å². The van der Waals surface area contributed by atoms with E-state index in [-0.39, 0.29) is 0 Å². The molecule has 0 radical (unpaired) electrons. The van der Waals surface area contributed by atoms with E-state index in [2.05, 4.69) is 41.2 Å². The first-order valence-electron chi connectivity index (χ1n) is 5.37. The maximum absolute atomic E-state index is 6.62. The van der Waals surface area contributed by atoms with Gasteiger partial charge in [-0.1, -0.05) is 0 Å². The van der Waals surface area contributed by atoms with E-state index in [1.807, 2.05) is 18.2 Å². The van der Waals surface area contributed by atoms with Crippen molar-refractivity contribution >= 4 is 50.8 Å². The normalized spacial score (nSPS) is 12.4. The van der Waals surface area contributed by atoms with Gasteiger partial charge in [0.05, 0.1) is 0 Å². The van der Waals surface area contributed by atoms with Crippen molar-refractivity contribution in [1.29, 1.82) is 0 Å². The Hall–Kier alpha value is 0.626. The summed E-state index contributed by atoms with van der Waals surface area (Å²) in [5.41, 5.74) is 1.22. The van der Waals surface area contributed by atoms with E-state index >= 15 is 0 Å². The molecule has 0 aliphatic rings. The molecule has 16 heavy (non-hydrogen) atoms. The Morgan fingerprint density at radius 1 is 0.938 bits per heavy atom. The van der Waals surface area contributed by atoms with Gasteiger partial charge >= 0.3 is 113 Å². The molecule has 0 unspecified atom stereocenters. The minimum atomic E-state index is -2.33. The van der Waals surface area contributed by atoms with Crippen LogP contribution in [-0.4, -0.2) is 24.7 Å². The molecule has 88 valence electrons. The first kappa shape index (κ1) is 14.7. The number of benzene rings is 1. The molecule has 1 rings (SSSR count). The molecule has 0 aromatic heterocycles. The quantitative estimate of drug-likeness (QED) is 0.647. The van der Waals surface area contributed by atoms with E-state index in [1.165, 1.54) is 8.80 Å². The van der Waals surface area contributed by atoms with Crippen LogP contribution in [0.25, 0.3) is 6.08 Å². The van der Waals surface area contributed by atoms with Crippen molar-refractivity contribution in [2.75, 3.05) is 0 Å². The van der Waals surface area contributed by atoms with Crippen LogP contribution in [0.2, 0.25) is 23.0 Å². The number of hydrogen-bond donors (Lipinski definition) is 0. The molecule has 0 nitrogen and oxygen atoms in total. The van der Waals surface area contributed by atoms with Crippen LogP contribution in [-0.2, 0) is 0 Å². The second-order valence-corrected chi connectivity index (χ2v) is 31.6. The second-order valence-electron chi connectivity index (χ2n) is 4.91. The van der Waals surface area contributed by atoms with Crippen molar-refractivity contribution in [2.45, 2.75) is 23.0 Å². The van der Waals surface area contributed by atoms with Gasteiger partial charge in [0.1, 0.15) is 0 Å². The summed E-state index contributed by atoms with van der Waals surface area (Å²) in [5, 5.41) is 0. The van der Waals surface area contributed by atoms with Gasteiger partial charge in [0.2, 0.25) is 0 Å². The topological polar surface area (TPSA) is 0 Å². The van der Waals surface area contributed by atoms with Gasteiger partial charge in [-0.15, -0.1) is 0 Å². The third kappa shape index (κ3) is 4.48. The Bertz CT molecular complexity index is 356. The van der Waals surface area contributed by atoms with Crippen LogP contribution in [0.4, 0.5) is 0 Å². The molecule has 0 bridgehead atoms. The molecular formula is C12H18Cl2Ge2. The molecule has 0 N–H and O–H groups in total. The standard InChI is InChI=1S/C12H18Cl2Ge2/c1-15(2,13)12(16(3,4)14)10-11-8-6-5-7-9-11/h5-10H,1-4H3. The van der Waals surface area contributed by atoms with Crippen molar-refractivity contribution in [3.63, 3.8) is 0 Å². The molecule has 0 saturated heterocycles. The van der Waals surface area contributed by atoms with Crippen LogP contribution in [0.1, 0.15) is 5.56 Å². The van der Waals surface area contributed by atoms with Crippen molar-refractivity contribution in [2.24, 2.45) is 0 Å². The Kier molecular flexibility index (Phi) is 5.06. The number of halogens is 2. The van der Waals surface area contributed by atoms with Crippen LogP contribution in [0, 0.1) is 0 Å². The summed E-state index contributed by atoms with van der Waals surface area (Å²) in [6.07, 6.45) is 2.24. The van der Waals surface area contributed by atoms with Gasteiger partial charge in [0, 0.05) is 0 Å². The van der Waals surface area contributed by atoms with Gasteiger partial charge in [0.25, 0.3) is 0 Å². The summed E-state index contributed by atoms with van der Waals surface area (Å²) in [6, 6.07) is 10.3. The molecule has 0 saturated carbocycles. The molecule has 4 heteroatoms. The van der Waals surface area contributed by atoms with Gasteiger partial charge in [-0.25, -0.2) is 0 Å². The zero-order valence-corrected chi connectivity index (χ0v) is 15.9. The van der Waals surface area contributed by atoms with Crippen LogP contribution in [0.5, 0.6) is 0 Å². The molecule has 0 spiro atoms. The Balaban J connectivity index is 3.19. The van der Waals surface area contributed by atoms with Gasteiger partial charge in [-0.2, -0.15) is 0 Å². The summed E-state index contributed by atoms with van der Waals surface area (Å²) in [7, 11) is 13.2. The molecule has 0 aliphatic carbocycles. The van der Waals surface area contributed by atoms with E-state index in [0.717, 1.165) is 0 Å². The summed E-state index contributed by atoms with van der Waals surface area (Å²) >= 11 is -4.66. The summed E-state index contributed by atoms with van der Waals surface area (Å²) < 4.78 is 1.40.